The number of aliphatic hydroxyl groups is 1. The van der Waals surface area contributed by atoms with Crippen molar-refractivity contribution in [3.05, 3.63) is 108 Å². The van der Waals surface area contributed by atoms with Gasteiger partial charge in [0.2, 0.25) is 0 Å². The van der Waals surface area contributed by atoms with Crippen molar-refractivity contribution < 1.29 is 57.3 Å². The summed E-state index contributed by atoms with van der Waals surface area (Å²) in [5.74, 6) is -0.791. The Morgan fingerprint density at radius 3 is 1.65 bits per heavy atom. The Hall–Kier alpha value is -3.27. The van der Waals surface area contributed by atoms with Crippen LogP contribution in [0.15, 0.2) is 91.0 Å². The molecule has 12 heteroatoms. The fourth-order valence-corrected chi connectivity index (χ4v) is 6.05. The lowest BCUT2D eigenvalue weighted by Crippen LogP contribution is -2.66. The zero-order chi connectivity index (χ0) is 34.6. The third-order valence-electron chi connectivity index (χ3n) is 8.58. The second kappa shape index (κ2) is 18.6. The highest BCUT2D eigenvalue weighted by molar-refractivity contribution is 5.75. The number of carbonyl (C=O) groups is 1. The van der Waals surface area contributed by atoms with Crippen LogP contribution in [0.5, 0.6) is 0 Å². The molecule has 2 aliphatic rings. The standard InChI is InChI=1S/C37H46O12/c1-40-30-28(38)31(35(39)42-3)49-37(33(30)41-2)48-29-27(23-44-20-24-14-8-5-9-15-24)47-36(43-4)34(46-22-26-18-12-7-13-19-26)32(29)45-21-25-16-10-6-11-17-25/h5-19,27-34,36-38H,20-23H2,1-4H3/t27-,28-,29+,30-,31?,32?,33?,34?,36-,37+/m0/s1. The number of hydrogen-bond acceptors (Lipinski definition) is 12. The quantitative estimate of drug-likeness (QED) is 0.222. The zero-order valence-corrected chi connectivity index (χ0v) is 28.2. The first-order valence-electron chi connectivity index (χ1n) is 16.2. The van der Waals surface area contributed by atoms with Gasteiger partial charge < -0.3 is 52.5 Å². The van der Waals surface area contributed by atoms with E-state index >= 15 is 0 Å². The van der Waals surface area contributed by atoms with Crippen LogP contribution in [-0.2, 0) is 72.0 Å². The molecule has 266 valence electrons. The largest absolute Gasteiger partial charge is 0.467 e. The molecule has 1 N–H and O–H groups in total. The molecule has 3 aromatic carbocycles. The Kier molecular flexibility index (Phi) is 14.1. The first-order valence-corrected chi connectivity index (χ1v) is 16.2. The van der Waals surface area contributed by atoms with E-state index in [4.69, 9.17) is 47.4 Å². The SMILES string of the molecule is COC(=O)C1O[C@@H](O[C@H]2C(OCc3ccccc3)C(OCc3ccccc3)[C@@H](OC)O[C@H]2COCc2ccccc2)C(OC)[C@@H](OC)[C@@H]1O. The average molecular weight is 683 g/mol. The molecule has 2 fully saturated rings. The van der Waals surface area contributed by atoms with E-state index in [0.717, 1.165) is 16.7 Å². The molecule has 5 rings (SSSR count). The van der Waals surface area contributed by atoms with Crippen molar-refractivity contribution in [2.75, 3.05) is 35.0 Å². The topological polar surface area (TPSA) is 130 Å². The molecule has 0 amide bonds. The van der Waals surface area contributed by atoms with Crippen LogP contribution in [0.3, 0.4) is 0 Å². The fourth-order valence-electron chi connectivity index (χ4n) is 6.05. The molecule has 0 aliphatic carbocycles. The minimum absolute atomic E-state index is 0.0805. The van der Waals surface area contributed by atoms with Gasteiger partial charge in [-0.25, -0.2) is 4.79 Å². The van der Waals surface area contributed by atoms with Crippen molar-refractivity contribution in [2.24, 2.45) is 0 Å². The molecular formula is C37H46O12. The van der Waals surface area contributed by atoms with E-state index in [1.54, 1.807) is 0 Å². The minimum Gasteiger partial charge on any atom is -0.467 e. The van der Waals surface area contributed by atoms with Crippen LogP contribution in [0.25, 0.3) is 0 Å². The van der Waals surface area contributed by atoms with Crippen LogP contribution < -0.4 is 0 Å². The van der Waals surface area contributed by atoms with Crippen molar-refractivity contribution in [3.63, 3.8) is 0 Å². The van der Waals surface area contributed by atoms with E-state index in [0.29, 0.717) is 6.61 Å². The average Bonchev–Trinajstić information content (AvgIpc) is 3.15. The maximum atomic E-state index is 12.7. The molecule has 10 atom stereocenters. The van der Waals surface area contributed by atoms with Gasteiger partial charge in [-0.2, -0.15) is 0 Å². The number of benzene rings is 3. The molecule has 2 saturated heterocycles. The highest BCUT2D eigenvalue weighted by atomic mass is 16.8. The minimum atomic E-state index is -1.41. The van der Waals surface area contributed by atoms with E-state index < -0.39 is 67.4 Å². The summed E-state index contributed by atoms with van der Waals surface area (Å²) < 4.78 is 60.7. The van der Waals surface area contributed by atoms with E-state index in [2.05, 4.69) is 0 Å². The summed E-state index contributed by atoms with van der Waals surface area (Å²) in [6.45, 7) is 0.855. The van der Waals surface area contributed by atoms with Crippen LogP contribution in [0.1, 0.15) is 16.7 Å². The number of methoxy groups -OCH3 is 4. The smallest absolute Gasteiger partial charge is 0.337 e. The zero-order valence-electron chi connectivity index (χ0n) is 28.2. The molecule has 2 heterocycles. The molecule has 3 aromatic rings. The second-order valence-corrected chi connectivity index (χ2v) is 11.7. The molecule has 0 radical (unpaired) electrons. The summed E-state index contributed by atoms with van der Waals surface area (Å²) in [5, 5.41) is 11.0. The number of esters is 1. The Bertz CT molecular complexity index is 1380. The van der Waals surface area contributed by atoms with Crippen LogP contribution in [0.4, 0.5) is 0 Å². The molecule has 12 nitrogen and oxygen atoms in total. The first kappa shape index (κ1) is 37.0. The van der Waals surface area contributed by atoms with Gasteiger partial charge in [-0.15, -0.1) is 0 Å². The van der Waals surface area contributed by atoms with E-state index in [1.165, 1.54) is 28.4 Å². The molecule has 0 aromatic heterocycles. The van der Waals surface area contributed by atoms with E-state index in [-0.39, 0.29) is 19.8 Å². The summed E-state index contributed by atoms with van der Waals surface area (Å²) in [4.78, 5) is 12.7. The van der Waals surface area contributed by atoms with Crippen LogP contribution >= 0.6 is 0 Å². The summed E-state index contributed by atoms with van der Waals surface area (Å²) in [6, 6.07) is 29.2. The van der Waals surface area contributed by atoms with Gasteiger partial charge in [0.1, 0.15) is 42.7 Å². The summed E-state index contributed by atoms with van der Waals surface area (Å²) in [7, 11) is 5.59. The van der Waals surface area contributed by atoms with Gasteiger partial charge in [-0.05, 0) is 16.7 Å². The maximum Gasteiger partial charge on any atom is 0.337 e. The Balaban J connectivity index is 1.48. The van der Waals surface area contributed by atoms with Crippen molar-refractivity contribution in [2.45, 2.75) is 81.2 Å². The lowest BCUT2D eigenvalue weighted by Gasteiger charge is -2.48. The molecule has 4 unspecified atom stereocenters. The van der Waals surface area contributed by atoms with Gasteiger partial charge in [-0.3, -0.25) is 0 Å². The molecular weight excluding hydrogens is 636 g/mol. The van der Waals surface area contributed by atoms with Gasteiger partial charge >= 0.3 is 5.97 Å². The van der Waals surface area contributed by atoms with Crippen LogP contribution in [-0.4, -0.2) is 108 Å². The van der Waals surface area contributed by atoms with Crippen molar-refractivity contribution in [1.29, 1.82) is 0 Å². The number of carbonyl (C=O) groups excluding carboxylic acids is 1. The third-order valence-corrected chi connectivity index (χ3v) is 8.58. The van der Waals surface area contributed by atoms with E-state index in [9.17, 15) is 9.90 Å². The van der Waals surface area contributed by atoms with Crippen molar-refractivity contribution >= 4 is 5.97 Å². The van der Waals surface area contributed by atoms with Crippen molar-refractivity contribution in [1.82, 2.24) is 0 Å². The monoisotopic (exact) mass is 682 g/mol. The molecule has 49 heavy (non-hydrogen) atoms. The van der Waals surface area contributed by atoms with Gasteiger partial charge in [0, 0.05) is 21.3 Å². The predicted octanol–water partition coefficient (Wildman–Crippen LogP) is 3.42. The lowest BCUT2D eigenvalue weighted by molar-refractivity contribution is -0.366. The number of aliphatic hydroxyl groups excluding tert-OH is 1. The van der Waals surface area contributed by atoms with Gasteiger partial charge in [-0.1, -0.05) is 91.0 Å². The van der Waals surface area contributed by atoms with E-state index in [1.807, 2.05) is 91.0 Å². The van der Waals surface area contributed by atoms with Gasteiger partial charge in [0.15, 0.2) is 18.7 Å². The Morgan fingerprint density at radius 1 is 0.612 bits per heavy atom. The third kappa shape index (κ3) is 9.50. The summed E-state index contributed by atoms with van der Waals surface area (Å²) in [5.41, 5.74) is 2.85. The van der Waals surface area contributed by atoms with Gasteiger partial charge in [0.25, 0.3) is 0 Å². The van der Waals surface area contributed by atoms with Crippen molar-refractivity contribution in [3.8, 4) is 0 Å². The predicted molar refractivity (Wildman–Crippen MR) is 175 cm³/mol. The molecule has 2 aliphatic heterocycles. The van der Waals surface area contributed by atoms with Gasteiger partial charge in [0.05, 0.1) is 33.5 Å². The fraction of sp³-hybridized carbons (Fsp3) is 0.486. The lowest BCUT2D eigenvalue weighted by atomic mass is 9.96. The maximum absolute atomic E-state index is 12.7. The highest BCUT2D eigenvalue weighted by Crippen LogP contribution is 2.35. The normalized spacial score (nSPS) is 30.1. The highest BCUT2D eigenvalue weighted by Gasteiger charge is 2.54. The first-order chi connectivity index (χ1) is 24.0. The number of hydrogen-bond donors (Lipinski definition) is 1. The molecule has 0 saturated carbocycles. The molecule has 0 bridgehead atoms. The molecule has 0 spiro atoms. The second-order valence-electron chi connectivity index (χ2n) is 11.7. The van der Waals surface area contributed by atoms with Crippen LogP contribution in [0.2, 0.25) is 0 Å². The summed E-state index contributed by atoms with van der Waals surface area (Å²) >= 11 is 0. The number of rotatable bonds is 16. The van der Waals surface area contributed by atoms with Crippen LogP contribution in [0, 0.1) is 0 Å². The Morgan fingerprint density at radius 2 is 1.14 bits per heavy atom. The summed E-state index contributed by atoms with van der Waals surface area (Å²) in [6.07, 6.45) is -10.1. The number of ether oxygens (including phenoxy) is 10. The Labute approximate surface area is 287 Å².